The lowest BCUT2D eigenvalue weighted by atomic mass is 9.92. The van der Waals surface area contributed by atoms with Crippen molar-refractivity contribution in [2.45, 2.75) is 12.3 Å². The van der Waals surface area contributed by atoms with Gasteiger partial charge < -0.3 is 10.1 Å². The Morgan fingerprint density at radius 1 is 1.35 bits per heavy atom. The molecule has 1 amide bonds. The minimum absolute atomic E-state index is 0.0528. The molecular formula is C15H13ClN2O2. The van der Waals surface area contributed by atoms with Gasteiger partial charge in [-0.1, -0.05) is 29.8 Å². The summed E-state index contributed by atoms with van der Waals surface area (Å²) < 4.78 is 5.56. The number of para-hydroxylation sites is 1. The molecule has 3 rings (SSSR count). The minimum atomic E-state index is -0.202. The van der Waals surface area contributed by atoms with Gasteiger partial charge in [0.05, 0.1) is 12.5 Å². The molecule has 4 nitrogen and oxygen atoms in total. The number of hydrogen-bond donors (Lipinski definition) is 1. The van der Waals surface area contributed by atoms with Gasteiger partial charge in [-0.3, -0.25) is 4.79 Å². The maximum Gasteiger partial charge on any atom is 0.232 e. The van der Waals surface area contributed by atoms with Gasteiger partial charge in [0.1, 0.15) is 10.9 Å². The summed E-state index contributed by atoms with van der Waals surface area (Å²) in [6, 6.07) is 11.0. The van der Waals surface area contributed by atoms with E-state index in [4.69, 9.17) is 16.3 Å². The van der Waals surface area contributed by atoms with E-state index in [0.29, 0.717) is 23.9 Å². The molecule has 1 aliphatic rings. The molecule has 0 spiro atoms. The van der Waals surface area contributed by atoms with Crippen LogP contribution in [0.25, 0.3) is 0 Å². The van der Waals surface area contributed by atoms with E-state index in [0.717, 1.165) is 11.3 Å². The molecule has 1 unspecified atom stereocenters. The predicted octanol–water partition coefficient (Wildman–Crippen LogP) is 3.24. The first kappa shape index (κ1) is 12.9. The largest absolute Gasteiger partial charge is 0.493 e. The first-order chi connectivity index (χ1) is 9.74. The first-order valence-corrected chi connectivity index (χ1v) is 6.76. The van der Waals surface area contributed by atoms with Crippen molar-refractivity contribution in [3.63, 3.8) is 0 Å². The van der Waals surface area contributed by atoms with E-state index in [9.17, 15) is 4.79 Å². The number of fused-ring (bicyclic) bond motifs is 1. The van der Waals surface area contributed by atoms with Gasteiger partial charge in [0.2, 0.25) is 5.91 Å². The Morgan fingerprint density at radius 2 is 2.20 bits per heavy atom. The van der Waals surface area contributed by atoms with Crippen LogP contribution >= 0.6 is 11.6 Å². The second kappa shape index (κ2) is 5.51. The van der Waals surface area contributed by atoms with Gasteiger partial charge in [0.15, 0.2) is 0 Å². The smallest absolute Gasteiger partial charge is 0.232 e. The van der Waals surface area contributed by atoms with Crippen LogP contribution in [0.4, 0.5) is 5.69 Å². The minimum Gasteiger partial charge on any atom is -0.493 e. The topological polar surface area (TPSA) is 51.2 Å². The summed E-state index contributed by atoms with van der Waals surface area (Å²) in [6.45, 7) is 0.548. The van der Waals surface area contributed by atoms with Gasteiger partial charge in [-0.15, -0.1) is 0 Å². The summed E-state index contributed by atoms with van der Waals surface area (Å²) in [7, 11) is 0. The van der Waals surface area contributed by atoms with Crippen LogP contribution in [0, 0.1) is 0 Å². The highest BCUT2D eigenvalue weighted by Crippen LogP contribution is 2.34. The van der Waals surface area contributed by atoms with E-state index in [1.165, 1.54) is 0 Å². The number of rotatable bonds is 2. The van der Waals surface area contributed by atoms with Crippen LogP contribution in [0.5, 0.6) is 5.75 Å². The summed E-state index contributed by atoms with van der Waals surface area (Å²) in [5.41, 5.74) is 1.58. The number of benzene rings is 1. The van der Waals surface area contributed by atoms with Gasteiger partial charge in [0, 0.05) is 17.4 Å². The van der Waals surface area contributed by atoms with Crippen LogP contribution in [0.3, 0.4) is 0 Å². The Balaban J connectivity index is 1.82. The highest BCUT2D eigenvalue weighted by Gasteiger charge is 2.27. The summed E-state index contributed by atoms with van der Waals surface area (Å²) in [5, 5.41) is 3.23. The Bertz CT molecular complexity index is 645. The molecule has 2 heterocycles. The number of carbonyl (C=O) groups is 1. The molecular weight excluding hydrogens is 276 g/mol. The van der Waals surface area contributed by atoms with Crippen molar-refractivity contribution >= 4 is 23.2 Å². The normalized spacial score (nSPS) is 16.9. The van der Waals surface area contributed by atoms with E-state index < -0.39 is 0 Å². The number of nitrogens with one attached hydrogen (secondary N) is 1. The van der Waals surface area contributed by atoms with Crippen LogP contribution in [-0.2, 0) is 4.79 Å². The van der Waals surface area contributed by atoms with Gasteiger partial charge in [0.25, 0.3) is 0 Å². The van der Waals surface area contributed by atoms with Gasteiger partial charge in [-0.2, -0.15) is 0 Å². The lowest BCUT2D eigenvalue weighted by Gasteiger charge is -2.25. The average Bonchev–Trinajstić information content (AvgIpc) is 2.46. The van der Waals surface area contributed by atoms with Crippen molar-refractivity contribution in [1.29, 1.82) is 0 Å². The SMILES string of the molecule is O=C(Nc1ccnc(Cl)c1)C1CCOc2ccccc21. The molecule has 1 aromatic heterocycles. The fraction of sp³-hybridized carbons (Fsp3) is 0.200. The molecule has 5 heteroatoms. The highest BCUT2D eigenvalue weighted by atomic mass is 35.5. The maximum atomic E-state index is 12.4. The molecule has 20 heavy (non-hydrogen) atoms. The van der Waals surface area contributed by atoms with Crippen LogP contribution in [-0.4, -0.2) is 17.5 Å². The third-order valence-corrected chi connectivity index (χ3v) is 3.48. The summed E-state index contributed by atoms with van der Waals surface area (Å²) >= 11 is 5.81. The fourth-order valence-electron chi connectivity index (χ4n) is 2.32. The second-order valence-electron chi connectivity index (χ2n) is 4.58. The molecule has 1 atom stereocenters. The van der Waals surface area contributed by atoms with E-state index in [1.807, 2.05) is 24.3 Å². The zero-order chi connectivity index (χ0) is 13.9. The number of anilines is 1. The zero-order valence-electron chi connectivity index (χ0n) is 10.7. The molecule has 102 valence electrons. The van der Waals surface area contributed by atoms with Crippen molar-refractivity contribution in [2.75, 3.05) is 11.9 Å². The van der Waals surface area contributed by atoms with Gasteiger partial charge in [-0.05, 0) is 24.6 Å². The number of amides is 1. The van der Waals surface area contributed by atoms with Gasteiger partial charge in [-0.25, -0.2) is 4.98 Å². The molecule has 0 fully saturated rings. The van der Waals surface area contributed by atoms with Crippen molar-refractivity contribution in [3.05, 3.63) is 53.3 Å². The van der Waals surface area contributed by atoms with E-state index in [2.05, 4.69) is 10.3 Å². The number of aromatic nitrogens is 1. The number of carbonyl (C=O) groups excluding carboxylic acids is 1. The molecule has 1 aliphatic heterocycles. The third kappa shape index (κ3) is 2.60. The lowest BCUT2D eigenvalue weighted by Crippen LogP contribution is -2.26. The Kier molecular flexibility index (Phi) is 3.56. The van der Waals surface area contributed by atoms with Crippen LogP contribution in [0.15, 0.2) is 42.6 Å². The molecule has 0 saturated heterocycles. The number of nitrogens with zero attached hydrogens (tertiary/aromatic N) is 1. The van der Waals surface area contributed by atoms with E-state index >= 15 is 0 Å². The third-order valence-electron chi connectivity index (χ3n) is 3.27. The highest BCUT2D eigenvalue weighted by molar-refractivity contribution is 6.29. The fourth-order valence-corrected chi connectivity index (χ4v) is 2.50. The predicted molar refractivity (Wildman–Crippen MR) is 77.2 cm³/mol. The number of pyridine rings is 1. The van der Waals surface area contributed by atoms with Crippen LogP contribution in [0.1, 0.15) is 17.9 Å². The zero-order valence-corrected chi connectivity index (χ0v) is 11.4. The molecule has 0 radical (unpaired) electrons. The number of halogens is 1. The van der Waals surface area contributed by atoms with E-state index in [1.54, 1.807) is 18.3 Å². The monoisotopic (exact) mass is 288 g/mol. The first-order valence-electron chi connectivity index (χ1n) is 6.38. The molecule has 0 aliphatic carbocycles. The van der Waals surface area contributed by atoms with Crippen molar-refractivity contribution in [3.8, 4) is 5.75 Å². The molecule has 0 bridgehead atoms. The van der Waals surface area contributed by atoms with Crippen molar-refractivity contribution in [1.82, 2.24) is 4.98 Å². The van der Waals surface area contributed by atoms with Crippen molar-refractivity contribution in [2.24, 2.45) is 0 Å². The quantitative estimate of drug-likeness (QED) is 0.863. The standard InChI is InChI=1S/C15H13ClN2O2/c16-14-9-10(5-7-17-14)18-15(19)12-6-8-20-13-4-2-1-3-11(12)13/h1-5,7,9,12H,6,8H2,(H,17,18,19). The number of hydrogen-bond acceptors (Lipinski definition) is 3. The Labute approximate surface area is 121 Å². The molecule has 2 aromatic rings. The molecule has 1 N–H and O–H groups in total. The lowest BCUT2D eigenvalue weighted by molar-refractivity contribution is -0.118. The van der Waals surface area contributed by atoms with E-state index in [-0.39, 0.29) is 11.8 Å². The second-order valence-corrected chi connectivity index (χ2v) is 4.97. The van der Waals surface area contributed by atoms with Crippen molar-refractivity contribution < 1.29 is 9.53 Å². The molecule has 0 saturated carbocycles. The summed E-state index contributed by atoms with van der Waals surface area (Å²) in [5.74, 6) is 0.529. The van der Waals surface area contributed by atoms with Crippen LogP contribution in [0.2, 0.25) is 5.15 Å². The summed E-state index contributed by atoms with van der Waals surface area (Å²) in [4.78, 5) is 16.3. The van der Waals surface area contributed by atoms with Crippen LogP contribution < -0.4 is 10.1 Å². The average molecular weight is 289 g/mol. The number of ether oxygens (including phenoxy) is 1. The summed E-state index contributed by atoms with van der Waals surface area (Å²) in [6.07, 6.45) is 2.23. The Hall–Kier alpha value is -2.07. The molecule has 1 aromatic carbocycles. The van der Waals surface area contributed by atoms with Gasteiger partial charge >= 0.3 is 0 Å². The maximum absolute atomic E-state index is 12.4. The Morgan fingerprint density at radius 3 is 3.05 bits per heavy atom.